The molecule has 0 spiro atoms. The molecule has 7 heteroatoms. The molecule has 1 amide bonds. The van der Waals surface area contributed by atoms with Gasteiger partial charge in [0.15, 0.2) is 5.82 Å². The lowest BCUT2D eigenvalue weighted by atomic mass is 10.1. The van der Waals surface area contributed by atoms with Gasteiger partial charge in [-0.15, -0.1) is 0 Å². The maximum absolute atomic E-state index is 13.5. The van der Waals surface area contributed by atoms with Gasteiger partial charge in [0.1, 0.15) is 11.4 Å². The lowest BCUT2D eigenvalue weighted by molar-refractivity contribution is 0.0175. The van der Waals surface area contributed by atoms with Crippen LogP contribution < -0.4 is 10.1 Å². The lowest BCUT2D eigenvalue weighted by Gasteiger charge is -2.13. The summed E-state index contributed by atoms with van der Waals surface area (Å²) in [6.45, 7) is 2.52. The summed E-state index contributed by atoms with van der Waals surface area (Å²) >= 11 is 0. The Morgan fingerprint density at radius 2 is 1.86 bits per heavy atom. The molecule has 0 aliphatic rings. The van der Waals surface area contributed by atoms with Gasteiger partial charge in [-0.25, -0.2) is 18.7 Å². The molecule has 1 N–H and O–H groups in total. The summed E-state index contributed by atoms with van der Waals surface area (Å²) in [7, 11) is 1.57. The van der Waals surface area contributed by atoms with Crippen LogP contribution in [0.4, 0.5) is 14.5 Å². The number of halogens is 2. The zero-order valence-electron chi connectivity index (χ0n) is 15.7. The summed E-state index contributed by atoms with van der Waals surface area (Å²) in [4.78, 5) is 21.3. The number of amides is 1. The van der Waals surface area contributed by atoms with Crippen molar-refractivity contribution < 1.29 is 18.3 Å². The van der Waals surface area contributed by atoms with Crippen LogP contribution in [-0.4, -0.2) is 23.0 Å². The third-order valence-electron chi connectivity index (χ3n) is 4.16. The van der Waals surface area contributed by atoms with E-state index in [9.17, 15) is 13.6 Å². The molecule has 0 saturated heterocycles. The molecular formula is C21H19F2N3O2. The fourth-order valence-corrected chi connectivity index (χ4v) is 2.61. The quantitative estimate of drug-likeness (QED) is 0.686. The molecule has 28 heavy (non-hydrogen) atoms. The van der Waals surface area contributed by atoms with Crippen LogP contribution >= 0.6 is 0 Å². The van der Waals surface area contributed by atoms with Crippen LogP contribution in [-0.2, 0) is 5.92 Å². The molecule has 1 heterocycles. The monoisotopic (exact) mass is 383 g/mol. The number of rotatable bonds is 5. The molecule has 0 fully saturated rings. The third kappa shape index (κ3) is 4.31. The van der Waals surface area contributed by atoms with E-state index in [0.29, 0.717) is 17.1 Å². The van der Waals surface area contributed by atoms with E-state index in [-0.39, 0.29) is 16.9 Å². The lowest BCUT2D eigenvalue weighted by Crippen LogP contribution is -2.17. The Hall–Kier alpha value is -3.35. The van der Waals surface area contributed by atoms with E-state index in [1.165, 1.54) is 18.2 Å². The highest BCUT2D eigenvalue weighted by Gasteiger charge is 2.24. The highest BCUT2D eigenvalue weighted by molar-refractivity contribution is 6.04. The van der Waals surface area contributed by atoms with Crippen molar-refractivity contribution in [1.29, 1.82) is 0 Å². The highest BCUT2D eigenvalue weighted by atomic mass is 19.3. The van der Waals surface area contributed by atoms with Gasteiger partial charge in [-0.2, -0.15) is 0 Å². The Balaban J connectivity index is 1.87. The Bertz CT molecular complexity index is 999. The number of hydrogen-bond acceptors (Lipinski definition) is 4. The maximum Gasteiger partial charge on any atom is 0.274 e. The Labute approximate surface area is 161 Å². The first kappa shape index (κ1) is 19.4. The smallest absolute Gasteiger partial charge is 0.274 e. The van der Waals surface area contributed by atoms with Crippen molar-refractivity contribution in [3.05, 3.63) is 71.5 Å². The number of nitrogens with zero attached hydrogens (tertiary/aromatic N) is 2. The average Bonchev–Trinajstić information content (AvgIpc) is 2.68. The number of benzene rings is 2. The van der Waals surface area contributed by atoms with Crippen molar-refractivity contribution in [3.8, 4) is 17.1 Å². The molecule has 3 aromatic rings. The van der Waals surface area contributed by atoms with E-state index in [2.05, 4.69) is 15.3 Å². The predicted molar refractivity (Wildman–Crippen MR) is 103 cm³/mol. The first-order valence-electron chi connectivity index (χ1n) is 8.55. The van der Waals surface area contributed by atoms with E-state index in [1.807, 2.05) is 0 Å². The van der Waals surface area contributed by atoms with Crippen molar-refractivity contribution in [1.82, 2.24) is 9.97 Å². The zero-order chi connectivity index (χ0) is 20.3. The molecule has 0 atom stereocenters. The van der Waals surface area contributed by atoms with Gasteiger partial charge >= 0.3 is 0 Å². The van der Waals surface area contributed by atoms with Crippen LogP contribution in [0.25, 0.3) is 11.4 Å². The molecule has 0 radical (unpaired) electrons. The van der Waals surface area contributed by atoms with E-state index in [1.54, 1.807) is 50.6 Å². The largest absolute Gasteiger partial charge is 0.497 e. The number of aryl methyl sites for hydroxylation is 1. The van der Waals surface area contributed by atoms with Crippen molar-refractivity contribution in [2.75, 3.05) is 12.4 Å². The van der Waals surface area contributed by atoms with Crippen LogP contribution in [0.15, 0.2) is 54.7 Å². The molecule has 3 rings (SSSR count). The first-order valence-corrected chi connectivity index (χ1v) is 8.55. The second-order valence-electron chi connectivity index (χ2n) is 6.38. The number of carbonyl (C=O) groups excluding carboxylic acids is 1. The molecule has 0 saturated carbocycles. The number of hydrogen-bond donors (Lipinski definition) is 1. The highest BCUT2D eigenvalue weighted by Crippen LogP contribution is 2.29. The normalized spacial score (nSPS) is 11.2. The second kappa shape index (κ2) is 7.72. The van der Waals surface area contributed by atoms with E-state index in [4.69, 9.17) is 4.74 Å². The van der Waals surface area contributed by atoms with Gasteiger partial charge in [0.2, 0.25) is 0 Å². The second-order valence-corrected chi connectivity index (χ2v) is 6.38. The average molecular weight is 383 g/mol. The number of ether oxygens (including phenoxy) is 1. The van der Waals surface area contributed by atoms with Crippen LogP contribution in [0.5, 0.6) is 5.75 Å². The van der Waals surface area contributed by atoms with Gasteiger partial charge in [0.05, 0.1) is 7.11 Å². The molecule has 0 bridgehead atoms. The SMILES string of the molecule is COc1ccc(-c2ncc(C)c(C(=O)Nc3cccc(C(C)(F)F)c3)n2)cc1. The Morgan fingerprint density at radius 3 is 2.50 bits per heavy atom. The summed E-state index contributed by atoms with van der Waals surface area (Å²) in [6, 6.07) is 12.7. The summed E-state index contributed by atoms with van der Waals surface area (Å²) < 4.78 is 32.2. The van der Waals surface area contributed by atoms with Crippen LogP contribution in [0.3, 0.4) is 0 Å². The fourth-order valence-electron chi connectivity index (χ4n) is 2.61. The van der Waals surface area contributed by atoms with Crippen molar-refractivity contribution >= 4 is 11.6 Å². The third-order valence-corrected chi connectivity index (χ3v) is 4.16. The van der Waals surface area contributed by atoms with E-state index in [0.717, 1.165) is 12.5 Å². The number of nitrogens with one attached hydrogen (secondary N) is 1. The minimum Gasteiger partial charge on any atom is -0.497 e. The number of methoxy groups -OCH3 is 1. The molecular weight excluding hydrogens is 364 g/mol. The Kier molecular flexibility index (Phi) is 5.35. The minimum atomic E-state index is -2.99. The number of anilines is 1. The predicted octanol–water partition coefficient (Wildman–Crippen LogP) is 4.82. The van der Waals surface area contributed by atoms with Crippen molar-refractivity contribution in [2.45, 2.75) is 19.8 Å². The molecule has 0 unspecified atom stereocenters. The minimum absolute atomic E-state index is 0.175. The summed E-state index contributed by atoms with van der Waals surface area (Å²) in [5.74, 6) is -2.41. The molecule has 144 valence electrons. The van der Waals surface area contributed by atoms with E-state index >= 15 is 0 Å². The van der Waals surface area contributed by atoms with Crippen LogP contribution in [0.1, 0.15) is 28.5 Å². The standard InChI is InChI=1S/C21H19F2N3O2/c1-13-12-24-19(14-7-9-17(28-3)10-8-14)26-18(13)20(27)25-16-6-4-5-15(11-16)21(2,22)23/h4-12H,1-3H3,(H,25,27). The zero-order valence-corrected chi connectivity index (χ0v) is 15.7. The molecule has 0 aliphatic carbocycles. The topological polar surface area (TPSA) is 64.1 Å². The van der Waals surface area contributed by atoms with Gasteiger partial charge < -0.3 is 10.1 Å². The van der Waals surface area contributed by atoms with E-state index < -0.39 is 11.8 Å². The summed E-state index contributed by atoms with van der Waals surface area (Å²) in [5.41, 5.74) is 1.57. The van der Waals surface area contributed by atoms with Gasteiger partial charge in [-0.1, -0.05) is 12.1 Å². The van der Waals surface area contributed by atoms with Gasteiger partial charge in [0.25, 0.3) is 11.8 Å². The Morgan fingerprint density at radius 1 is 1.14 bits per heavy atom. The molecule has 5 nitrogen and oxygen atoms in total. The molecule has 2 aromatic carbocycles. The number of aromatic nitrogens is 2. The first-order chi connectivity index (χ1) is 13.3. The molecule has 0 aliphatic heterocycles. The van der Waals surface area contributed by atoms with Gasteiger partial charge in [-0.3, -0.25) is 4.79 Å². The fraction of sp³-hybridized carbons (Fsp3) is 0.190. The van der Waals surface area contributed by atoms with Crippen molar-refractivity contribution in [3.63, 3.8) is 0 Å². The van der Waals surface area contributed by atoms with Gasteiger partial charge in [0, 0.05) is 29.9 Å². The maximum atomic E-state index is 13.5. The van der Waals surface area contributed by atoms with Gasteiger partial charge in [-0.05, 0) is 48.9 Å². The van der Waals surface area contributed by atoms with Crippen LogP contribution in [0, 0.1) is 6.92 Å². The van der Waals surface area contributed by atoms with Crippen LogP contribution in [0.2, 0.25) is 0 Å². The number of alkyl halides is 2. The number of carbonyl (C=O) groups is 1. The summed E-state index contributed by atoms with van der Waals surface area (Å²) in [6.07, 6.45) is 1.55. The molecule has 1 aromatic heterocycles. The summed E-state index contributed by atoms with van der Waals surface area (Å²) in [5, 5.41) is 2.63. The van der Waals surface area contributed by atoms with Crippen molar-refractivity contribution in [2.24, 2.45) is 0 Å².